The summed E-state index contributed by atoms with van der Waals surface area (Å²) in [6, 6.07) is 2.56. The van der Waals surface area contributed by atoms with Gasteiger partial charge < -0.3 is 9.84 Å². The van der Waals surface area contributed by atoms with Gasteiger partial charge in [0.05, 0.1) is 12.5 Å². The van der Waals surface area contributed by atoms with Gasteiger partial charge in [-0.25, -0.2) is 4.39 Å². The standard InChI is InChI=1S/C12H12F2O3/c1-17-8-4-3-7(9(13)10(8)14)12(11(15)16)5-2-6-12/h3-4H,2,5-6H2,1H3,(H,15,16). The first-order valence-electron chi connectivity index (χ1n) is 5.29. The molecule has 0 amide bonds. The minimum atomic E-state index is -1.27. The summed E-state index contributed by atoms with van der Waals surface area (Å²) in [4.78, 5) is 11.2. The van der Waals surface area contributed by atoms with Crippen molar-refractivity contribution in [3.05, 3.63) is 29.3 Å². The highest BCUT2D eigenvalue weighted by molar-refractivity contribution is 5.82. The Morgan fingerprint density at radius 3 is 2.41 bits per heavy atom. The number of hydrogen-bond acceptors (Lipinski definition) is 2. The molecule has 1 aliphatic rings. The molecule has 0 radical (unpaired) electrons. The molecule has 1 aromatic carbocycles. The molecule has 0 spiro atoms. The van der Waals surface area contributed by atoms with Crippen LogP contribution in [-0.2, 0) is 10.2 Å². The molecule has 1 aliphatic carbocycles. The SMILES string of the molecule is COc1ccc(C2(C(=O)O)CCC2)c(F)c1F. The van der Waals surface area contributed by atoms with E-state index in [1.165, 1.54) is 19.2 Å². The van der Waals surface area contributed by atoms with Gasteiger partial charge in [0.15, 0.2) is 11.6 Å². The zero-order valence-corrected chi connectivity index (χ0v) is 9.30. The van der Waals surface area contributed by atoms with E-state index in [0.717, 1.165) is 0 Å². The first-order chi connectivity index (χ1) is 8.03. The number of carboxylic acids is 1. The van der Waals surface area contributed by atoms with Gasteiger partial charge in [0, 0.05) is 5.56 Å². The van der Waals surface area contributed by atoms with E-state index in [1.54, 1.807) is 0 Å². The molecule has 0 unspecified atom stereocenters. The molecule has 5 heteroatoms. The van der Waals surface area contributed by atoms with Crippen molar-refractivity contribution in [2.75, 3.05) is 7.11 Å². The van der Waals surface area contributed by atoms with E-state index in [2.05, 4.69) is 4.74 Å². The van der Waals surface area contributed by atoms with Crippen molar-refractivity contribution in [1.29, 1.82) is 0 Å². The molecule has 0 aliphatic heterocycles. The normalized spacial score (nSPS) is 17.4. The molecule has 0 bridgehead atoms. The smallest absolute Gasteiger partial charge is 0.314 e. The Morgan fingerprint density at radius 2 is 2.00 bits per heavy atom. The lowest BCUT2D eigenvalue weighted by atomic mass is 9.64. The summed E-state index contributed by atoms with van der Waals surface area (Å²) < 4.78 is 32.0. The molecule has 17 heavy (non-hydrogen) atoms. The van der Waals surface area contributed by atoms with E-state index in [4.69, 9.17) is 5.11 Å². The third-order valence-corrected chi connectivity index (χ3v) is 3.40. The van der Waals surface area contributed by atoms with E-state index >= 15 is 0 Å². The zero-order chi connectivity index (χ0) is 12.6. The van der Waals surface area contributed by atoms with E-state index in [1.807, 2.05) is 0 Å². The maximum atomic E-state index is 13.8. The van der Waals surface area contributed by atoms with Gasteiger partial charge in [-0.1, -0.05) is 12.5 Å². The fourth-order valence-corrected chi connectivity index (χ4v) is 2.19. The molecule has 1 saturated carbocycles. The monoisotopic (exact) mass is 242 g/mol. The molecule has 0 aromatic heterocycles. The molecule has 2 rings (SSSR count). The van der Waals surface area contributed by atoms with Gasteiger partial charge in [0.1, 0.15) is 0 Å². The summed E-state index contributed by atoms with van der Waals surface area (Å²) in [5, 5.41) is 9.16. The Kier molecular flexibility index (Phi) is 2.77. The Hall–Kier alpha value is -1.65. The molecule has 1 aromatic rings. The van der Waals surface area contributed by atoms with Crippen LogP contribution in [0.3, 0.4) is 0 Å². The summed E-state index contributed by atoms with van der Waals surface area (Å²) in [5.41, 5.74) is -1.36. The number of rotatable bonds is 3. The number of benzene rings is 1. The van der Waals surface area contributed by atoms with Crippen molar-refractivity contribution in [2.45, 2.75) is 24.7 Å². The van der Waals surface area contributed by atoms with E-state index < -0.39 is 23.0 Å². The van der Waals surface area contributed by atoms with Gasteiger partial charge in [-0.05, 0) is 18.9 Å². The maximum Gasteiger partial charge on any atom is 0.314 e. The fourth-order valence-electron chi connectivity index (χ4n) is 2.19. The van der Waals surface area contributed by atoms with Crippen molar-refractivity contribution in [3.63, 3.8) is 0 Å². The van der Waals surface area contributed by atoms with E-state index in [-0.39, 0.29) is 11.3 Å². The van der Waals surface area contributed by atoms with Crippen LogP contribution < -0.4 is 4.74 Å². The lowest BCUT2D eigenvalue weighted by Crippen LogP contribution is -2.43. The van der Waals surface area contributed by atoms with Crippen LogP contribution in [0.1, 0.15) is 24.8 Å². The number of carboxylic acid groups (broad SMARTS) is 1. The van der Waals surface area contributed by atoms with Crippen LogP contribution in [0, 0.1) is 11.6 Å². The minimum Gasteiger partial charge on any atom is -0.494 e. The van der Waals surface area contributed by atoms with Gasteiger partial charge in [0.25, 0.3) is 0 Å². The van der Waals surface area contributed by atoms with Crippen molar-refractivity contribution < 1.29 is 23.4 Å². The average Bonchev–Trinajstić information content (AvgIpc) is 2.22. The molecule has 0 atom stereocenters. The number of methoxy groups -OCH3 is 1. The first-order valence-corrected chi connectivity index (χ1v) is 5.29. The third-order valence-electron chi connectivity index (χ3n) is 3.40. The molecule has 0 saturated heterocycles. The summed E-state index contributed by atoms with van der Waals surface area (Å²) in [6.07, 6.45) is 1.38. The predicted octanol–water partition coefficient (Wildman–Crippen LogP) is 2.48. The summed E-state index contributed by atoms with van der Waals surface area (Å²) in [6.45, 7) is 0. The number of aliphatic carboxylic acids is 1. The zero-order valence-electron chi connectivity index (χ0n) is 9.30. The van der Waals surface area contributed by atoms with Crippen LogP contribution in [0.5, 0.6) is 5.75 Å². The highest BCUT2D eigenvalue weighted by Gasteiger charge is 2.48. The van der Waals surface area contributed by atoms with Gasteiger partial charge in [-0.3, -0.25) is 4.79 Å². The molecule has 1 fully saturated rings. The maximum absolute atomic E-state index is 13.8. The van der Waals surface area contributed by atoms with Crippen molar-refractivity contribution in [1.82, 2.24) is 0 Å². The number of halogens is 2. The quantitative estimate of drug-likeness (QED) is 0.885. The average molecular weight is 242 g/mol. The van der Waals surface area contributed by atoms with Crippen molar-refractivity contribution >= 4 is 5.97 Å². The lowest BCUT2D eigenvalue weighted by Gasteiger charge is -2.38. The molecule has 92 valence electrons. The fraction of sp³-hybridized carbons (Fsp3) is 0.417. The molecule has 1 N–H and O–H groups in total. The van der Waals surface area contributed by atoms with Gasteiger partial charge in [-0.2, -0.15) is 4.39 Å². The highest BCUT2D eigenvalue weighted by Crippen LogP contribution is 2.46. The van der Waals surface area contributed by atoms with Crippen LogP contribution in [0.2, 0.25) is 0 Å². The second-order valence-corrected chi connectivity index (χ2v) is 4.18. The highest BCUT2D eigenvalue weighted by atomic mass is 19.2. The second kappa shape index (κ2) is 3.98. The van der Waals surface area contributed by atoms with Crippen molar-refractivity contribution in [2.24, 2.45) is 0 Å². The molecular formula is C12H12F2O3. The molecular weight excluding hydrogens is 230 g/mol. The third kappa shape index (κ3) is 1.57. The minimum absolute atomic E-state index is 0.0884. The number of carbonyl (C=O) groups is 1. The topological polar surface area (TPSA) is 46.5 Å². The Labute approximate surface area is 97.0 Å². The van der Waals surface area contributed by atoms with Crippen LogP contribution in [0.25, 0.3) is 0 Å². The number of hydrogen-bond donors (Lipinski definition) is 1. The molecule has 0 heterocycles. The van der Waals surface area contributed by atoms with Gasteiger partial charge in [0.2, 0.25) is 5.82 Å². The summed E-state index contributed by atoms with van der Waals surface area (Å²) in [7, 11) is 1.23. The van der Waals surface area contributed by atoms with Gasteiger partial charge in [-0.15, -0.1) is 0 Å². The Balaban J connectivity index is 2.53. The van der Waals surface area contributed by atoms with Gasteiger partial charge >= 0.3 is 5.97 Å². The van der Waals surface area contributed by atoms with Crippen LogP contribution in [0.4, 0.5) is 8.78 Å². The van der Waals surface area contributed by atoms with E-state index in [9.17, 15) is 13.6 Å². The second-order valence-electron chi connectivity index (χ2n) is 4.18. The van der Waals surface area contributed by atoms with E-state index in [0.29, 0.717) is 19.3 Å². The predicted molar refractivity (Wildman–Crippen MR) is 56.1 cm³/mol. The number of ether oxygens (including phenoxy) is 1. The largest absolute Gasteiger partial charge is 0.494 e. The molecule has 3 nitrogen and oxygen atoms in total. The van der Waals surface area contributed by atoms with Crippen molar-refractivity contribution in [3.8, 4) is 5.75 Å². The summed E-state index contributed by atoms with van der Waals surface area (Å²) in [5.74, 6) is -3.57. The first kappa shape index (κ1) is 11.8. The van der Waals surface area contributed by atoms with Crippen LogP contribution in [-0.4, -0.2) is 18.2 Å². The van der Waals surface area contributed by atoms with Crippen LogP contribution in [0.15, 0.2) is 12.1 Å². The Morgan fingerprint density at radius 1 is 1.35 bits per heavy atom. The Bertz CT molecular complexity index is 467. The summed E-state index contributed by atoms with van der Waals surface area (Å²) >= 11 is 0. The lowest BCUT2D eigenvalue weighted by molar-refractivity contribution is -0.147. The van der Waals surface area contributed by atoms with Crippen LogP contribution >= 0.6 is 0 Å².